The van der Waals surface area contributed by atoms with Crippen LogP contribution in [0.3, 0.4) is 0 Å². The molecule has 254 valence electrons. The molecule has 0 bridgehead atoms. The van der Waals surface area contributed by atoms with E-state index < -0.39 is 5.97 Å². The highest BCUT2D eigenvalue weighted by Gasteiger charge is 2.27. The van der Waals surface area contributed by atoms with Gasteiger partial charge < -0.3 is 15.0 Å². The summed E-state index contributed by atoms with van der Waals surface area (Å²) in [7, 11) is 0. The molecule has 1 fully saturated rings. The Labute approximate surface area is 305 Å². The van der Waals surface area contributed by atoms with Gasteiger partial charge in [0.25, 0.3) is 0 Å². The fourth-order valence-corrected chi connectivity index (χ4v) is 7.82. The number of fused-ring (bicyclic) bond motifs is 3. The van der Waals surface area contributed by atoms with Gasteiger partial charge in [0.1, 0.15) is 5.82 Å². The summed E-state index contributed by atoms with van der Waals surface area (Å²) in [6, 6.07) is 40.0. The van der Waals surface area contributed by atoms with Crippen molar-refractivity contribution in [3.63, 3.8) is 0 Å². The fraction of sp³-hybridized carbons (Fsp3) is 0.136. The zero-order valence-electron chi connectivity index (χ0n) is 28.3. The van der Waals surface area contributed by atoms with Gasteiger partial charge in [0.05, 0.1) is 39.0 Å². The lowest BCUT2D eigenvalue weighted by atomic mass is 9.94. The average Bonchev–Trinajstić information content (AvgIpc) is 3.58. The maximum atomic E-state index is 12.8. The molecule has 1 aliphatic carbocycles. The molecule has 5 aromatic carbocycles. The van der Waals surface area contributed by atoms with Gasteiger partial charge in [-0.25, -0.2) is 14.8 Å². The molecule has 3 heterocycles. The largest absolute Gasteiger partial charge is 0.478 e. The molecule has 0 spiro atoms. The third kappa shape index (κ3) is 5.83. The molecule has 8 aromatic rings. The van der Waals surface area contributed by atoms with Gasteiger partial charge in [-0.2, -0.15) is 0 Å². The minimum atomic E-state index is -0.985. The fourth-order valence-electron chi connectivity index (χ4n) is 7.69. The quantitative estimate of drug-likeness (QED) is 0.172. The van der Waals surface area contributed by atoms with E-state index in [0.717, 1.165) is 92.6 Å². The molecule has 3 aromatic heterocycles. The number of rotatable bonds is 7. The molecule has 1 saturated carbocycles. The summed E-state index contributed by atoms with van der Waals surface area (Å²) in [4.78, 5) is 27.8. The molecule has 1 aliphatic rings. The molecule has 0 saturated heterocycles. The first-order chi connectivity index (χ1) is 25.5. The van der Waals surface area contributed by atoms with Gasteiger partial charge in [-0.05, 0) is 97.3 Å². The van der Waals surface area contributed by atoms with Crippen molar-refractivity contribution < 1.29 is 9.90 Å². The van der Waals surface area contributed by atoms with E-state index in [4.69, 9.17) is 21.6 Å². The number of hydrogen-bond donors (Lipinski definition) is 2. The van der Waals surface area contributed by atoms with Gasteiger partial charge in [0.2, 0.25) is 0 Å². The summed E-state index contributed by atoms with van der Waals surface area (Å²) in [5.41, 5.74) is 9.61. The monoisotopic (exact) mass is 699 g/mol. The first kappa shape index (κ1) is 31.9. The number of imidazole rings is 1. The number of nitrogens with one attached hydrogen (secondary N) is 1. The number of carboxylic acid groups (broad SMARTS) is 1. The van der Waals surface area contributed by atoms with Crippen LogP contribution in [0, 0.1) is 0 Å². The second-order valence-electron chi connectivity index (χ2n) is 13.5. The summed E-state index contributed by atoms with van der Waals surface area (Å²) in [5, 5.41) is 16.7. The first-order valence-corrected chi connectivity index (χ1v) is 18.0. The highest BCUT2D eigenvalue weighted by molar-refractivity contribution is 6.30. The molecule has 0 atom stereocenters. The average molecular weight is 700 g/mol. The summed E-state index contributed by atoms with van der Waals surface area (Å²) >= 11 is 6.24. The molecule has 2 N–H and O–H groups in total. The second-order valence-corrected chi connectivity index (χ2v) is 13.9. The van der Waals surface area contributed by atoms with Gasteiger partial charge in [0.15, 0.2) is 0 Å². The Balaban J connectivity index is 1.28. The highest BCUT2D eigenvalue weighted by Crippen LogP contribution is 2.42. The molecular weight excluding hydrogens is 666 g/mol. The van der Waals surface area contributed by atoms with Crippen LogP contribution in [0.15, 0.2) is 128 Å². The Morgan fingerprint density at radius 3 is 2.35 bits per heavy atom. The Morgan fingerprint density at radius 1 is 0.750 bits per heavy atom. The van der Waals surface area contributed by atoms with E-state index in [9.17, 15) is 9.90 Å². The van der Waals surface area contributed by atoms with Crippen molar-refractivity contribution in [3.05, 3.63) is 138 Å². The topological polar surface area (TPSA) is 92.9 Å². The maximum Gasteiger partial charge on any atom is 0.336 e. The number of nitrogens with zero attached hydrogens (tertiary/aromatic N) is 4. The predicted octanol–water partition coefficient (Wildman–Crippen LogP) is 11.7. The Hall–Kier alpha value is -6.05. The van der Waals surface area contributed by atoms with Crippen molar-refractivity contribution in [2.45, 2.75) is 38.1 Å². The van der Waals surface area contributed by atoms with E-state index >= 15 is 0 Å². The highest BCUT2D eigenvalue weighted by atomic mass is 35.5. The van der Waals surface area contributed by atoms with Crippen LogP contribution in [0.4, 0.5) is 11.4 Å². The minimum Gasteiger partial charge on any atom is -0.478 e. The third-order valence-electron chi connectivity index (χ3n) is 10.2. The molecule has 8 heteroatoms. The number of anilines is 2. The van der Waals surface area contributed by atoms with Crippen molar-refractivity contribution in [1.29, 1.82) is 0 Å². The van der Waals surface area contributed by atoms with Crippen molar-refractivity contribution in [3.8, 4) is 33.8 Å². The third-order valence-corrected chi connectivity index (χ3v) is 10.4. The van der Waals surface area contributed by atoms with Crippen molar-refractivity contribution >= 4 is 61.8 Å². The Bertz CT molecular complexity index is 2630. The lowest BCUT2D eigenvalue weighted by Gasteiger charge is -2.26. The predicted molar refractivity (Wildman–Crippen MR) is 210 cm³/mol. The van der Waals surface area contributed by atoms with Crippen LogP contribution in [-0.4, -0.2) is 30.6 Å². The van der Waals surface area contributed by atoms with Crippen molar-refractivity contribution in [1.82, 2.24) is 19.5 Å². The molecular formula is C44H34ClN5O2. The van der Waals surface area contributed by atoms with Crippen LogP contribution < -0.4 is 5.32 Å². The Morgan fingerprint density at radius 2 is 1.54 bits per heavy atom. The number of hydrogen-bond acceptors (Lipinski definition) is 5. The zero-order valence-corrected chi connectivity index (χ0v) is 29.0. The van der Waals surface area contributed by atoms with Gasteiger partial charge in [-0.3, -0.25) is 4.98 Å². The van der Waals surface area contributed by atoms with Crippen LogP contribution >= 0.6 is 11.6 Å². The number of carboxylic acids is 1. The van der Waals surface area contributed by atoms with Crippen LogP contribution in [0.2, 0.25) is 5.02 Å². The summed E-state index contributed by atoms with van der Waals surface area (Å²) < 4.78 is 2.37. The van der Waals surface area contributed by atoms with E-state index in [1.165, 1.54) is 6.42 Å². The summed E-state index contributed by atoms with van der Waals surface area (Å²) in [6.07, 6.45) is 7.33. The number of pyridine rings is 2. The lowest BCUT2D eigenvalue weighted by Crippen LogP contribution is -2.14. The standard InChI is InChI=1S/C44H34ClN5O2/c45-31-15-17-32(18-16-31)47-39-26-38(27-8-3-1-4-9-27)48-37-21-14-30(25-35(37)39)43-49-42-40(50(43)33-11-5-2-6-12-33)22-19-34(44(51)52)41(42)29-13-20-36-28(24-29)10-7-23-46-36/h1,3-4,7-10,13-26,33H,2,5-6,11-12H2,(H,47,48)(H,51,52). The molecule has 7 nitrogen and oxygen atoms in total. The SMILES string of the molecule is O=C(O)c1ccc2c(nc(-c3ccc4nc(-c5ccccc5)cc(Nc5ccc(Cl)cc5)c4c3)n2C2CCCCC2)c1-c1ccc2ncccc2c1. The maximum absolute atomic E-state index is 12.8. The minimum absolute atomic E-state index is 0.223. The molecule has 9 rings (SSSR count). The van der Waals surface area contributed by atoms with E-state index in [1.807, 2.05) is 78.9 Å². The first-order valence-electron chi connectivity index (χ1n) is 17.7. The summed E-state index contributed by atoms with van der Waals surface area (Å²) in [5.74, 6) is -0.166. The smallest absolute Gasteiger partial charge is 0.336 e. The number of aromatic carboxylic acids is 1. The zero-order chi connectivity index (χ0) is 35.2. The van der Waals surface area contributed by atoms with E-state index in [2.05, 4.69) is 51.3 Å². The van der Waals surface area contributed by atoms with Crippen molar-refractivity contribution in [2.75, 3.05) is 5.32 Å². The normalized spacial score (nSPS) is 13.6. The lowest BCUT2D eigenvalue weighted by molar-refractivity contribution is 0.0698. The van der Waals surface area contributed by atoms with E-state index in [0.29, 0.717) is 16.1 Å². The number of halogens is 1. The molecule has 0 radical (unpaired) electrons. The van der Waals surface area contributed by atoms with Gasteiger partial charge in [-0.1, -0.05) is 73.3 Å². The molecule has 52 heavy (non-hydrogen) atoms. The van der Waals surface area contributed by atoms with Crippen LogP contribution in [0.1, 0.15) is 48.5 Å². The van der Waals surface area contributed by atoms with Crippen LogP contribution in [-0.2, 0) is 0 Å². The number of carbonyl (C=O) groups is 1. The molecule has 0 amide bonds. The van der Waals surface area contributed by atoms with Crippen LogP contribution in [0.5, 0.6) is 0 Å². The number of aromatic nitrogens is 4. The van der Waals surface area contributed by atoms with Gasteiger partial charge in [-0.15, -0.1) is 0 Å². The van der Waals surface area contributed by atoms with E-state index in [1.54, 1.807) is 12.3 Å². The van der Waals surface area contributed by atoms with E-state index in [-0.39, 0.29) is 11.6 Å². The number of benzene rings is 5. The van der Waals surface area contributed by atoms with Gasteiger partial charge in [0, 0.05) is 50.4 Å². The van der Waals surface area contributed by atoms with Crippen LogP contribution in [0.25, 0.3) is 66.6 Å². The molecule has 0 unspecified atom stereocenters. The van der Waals surface area contributed by atoms with Crippen molar-refractivity contribution in [2.24, 2.45) is 0 Å². The summed E-state index contributed by atoms with van der Waals surface area (Å²) in [6.45, 7) is 0. The molecule has 0 aliphatic heterocycles. The van der Waals surface area contributed by atoms with Gasteiger partial charge >= 0.3 is 5.97 Å². The Kier molecular flexibility index (Phi) is 8.13. The second kappa shape index (κ2) is 13.2.